The zero-order valence-electron chi connectivity index (χ0n) is 11.9. The highest BCUT2D eigenvalue weighted by atomic mass is 16.3. The van der Waals surface area contributed by atoms with Gasteiger partial charge in [0.2, 0.25) is 0 Å². The van der Waals surface area contributed by atoms with Crippen molar-refractivity contribution < 1.29 is 5.11 Å². The van der Waals surface area contributed by atoms with Crippen molar-refractivity contribution >= 4 is 0 Å². The molecule has 104 valence electrons. The van der Waals surface area contributed by atoms with Crippen LogP contribution in [0.4, 0.5) is 0 Å². The van der Waals surface area contributed by atoms with Gasteiger partial charge in [-0.3, -0.25) is 4.68 Å². The molecule has 0 bridgehead atoms. The van der Waals surface area contributed by atoms with Crippen molar-refractivity contribution in [3.8, 4) is 0 Å². The quantitative estimate of drug-likeness (QED) is 0.710. The maximum absolute atomic E-state index is 8.83. The number of nitrogens with one attached hydrogen (secondary N) is 1. The van der Waals surface area contributed by atoms with Crippen molar-refractivity contribution in [1.29, 1.82) is 0 Å². The van der Waals surface area contributed by atoms with E-state index in [1.54, 1.807) is 0 Å². The van der Waals surface area contributed by atoms with Crippen LogP contribution in [-0.2, 0) is 6.54 Å². The maximum Gasteiger partial charge on any atom is 0.0762 e. The van der Waals surface area contributed by atoms with E-state index in [0.29, 0.717) is 12.0 Å². The Balaban J connectivity index is 2.35. The Morgan fingerprint density at radius 1 is 1.39 bits per heavy atom. The van der Waals surface area contributed by atoms with E-state index in [9.17, 15) is 0 Å². The molecule has 2 N–H and O–H groups in total. The predicted octanol–water partition coefficient (Wildman–Crippen LogP) is 2.35. The summed E-state index contributed by atoms with van der Waals surface area (Å²) in [7, 11) is 0. The minimum absolute atomic E-state index is 0.270. The lowest BCUT2D eigenvalue weighted by molar-refractivity contribution is 0.260. The third-order valence-electron chi connectivity index (χ3n) is 3.40. The van der Waals surface area contributed by atoms with Crippen LogP contribution in [0.5, 0.6) is 0 Å². The molecule has 1 aromatic rings. The number of nitrogens with zero attached hydrogens (tertiary/aromatic N) is 2. The first kappa shape index (κ1) is 15.2. The molecule has 1 unspecified atom stereocenters. The molecule has 0 aliphatic carbocycles. The van der Waals surface area contributed by atoms with E-state index in [4.69, 9.17) is 5.11 Å². The molecular weight excluding hydrogens is 226 g/mol. The van der Waals surface area contributed by atoms with Crippen LogP contribution in [0.1, 0.15) is 51.8 Å². The lowest BCUT2D eigenvalue weighted by Gasteiger charge is -2.13. The number of rotatable bonds is 9. The molecule has 0 aromatic carbocycles. The highest BCUT2D eigenvalue weighted by Gasteiger charge is 2.08. The highest BCUT2D eigenvalue weighted by Crippen LogP contribution is 2.14. The SMILES string of the molecule is CCC(CC)n1ccc(CNCC(C)CCO)n1. The number of aliphatic hydroxyl groups is 1. The Morgan fingerprint density at radius 2 is 2.11 bits per heavy atom. The second kappa shape index (κ2) is 8.27. The van der Waals surface area contributed by atoms with Crippen LogP contribution >= 0.6 is 0 Å². The maximum atomic E-state index is 8.83. The number of aliphatic hydroxyl groups excluding tert-OH is 1. The summed E-state index contributed by atoms with van der Waals surface area (Å²) in [6.07, 6.45) is 5.18. The Morgan fingerprint density at radius 3 is 2.72 bits per heavy atom. The molecule has 4 heteroatoms. The van der Waals surface area contributed by atoms with Crippen LogP contribution in [0.3, 0.4) is 0 Å². The van der Waals surface area contributed by atoms with E-state index in [1.807, 2.05) is 0 Å². The topological polar surface area (TPSA) is 50.1 Å². The fourth-order valence-electron chi connectivity index (χ4n) is 2.11. The van der Waals surface area contributed by atoms with Gasteiger partial charge in [-0.15, -0.1) is 0 Å². The number of hydrogen-bond acceptors (Lipinski definition) is 3. The molecule has 0 amide bonds. The van der Waals surface area contributed by atoms with Crippen molar-refractivity contribution in [2.24, 2.45) is 5.92 Å². The normalized spacial score (nSPS) is 13.2. The average Bonchev–Trinajstić information content (AvgIpc) is 2.80. The molecule has 18 heavy (non-hydrogen) atoms. The van der Waals surface area contributed by atoms with Crippen LogP contribution in [0.2, 0.25) is 0 Å². The molecule has 1 aromatic heterocycles. The molecule has 0 aliphatic rings. The van der Waals surface area contributed by atoms with Gasteiger partial charge in [-0.05, 0) is 37.8 Å². The van der Waals surface area contributed by atoms with Crippen molar-refractivity contribution in [2.45, 2.75) is 52.6 Å². The fourth-order valence-corrected chi connectivity index (χ4v) is 2.11. The zero-order valence-corrected chi connectivity index (χ0v) is 11.9. The van der Waals surface area contributed by atoms with Crippen molar-refractivity contribution in [2.75, 3.05) is 13.2 Å². The Bertz CT molecular complexity index is 321. The average molecular weight is 253 g/mol. The Hall–Kier alpha value is -0.870. The van der Waals surface area contributed by atoms with Crippen molar-refractivity contribution in [3.63, 3.8) is 0 Å². The van der Waals surface area contributed by atoms with Gasteiger partial charge in [-0.2, -0.15) is 5.10 Å². The third-order valence-corrected chi connectivity index (χ3v) is 3.40. The van der Waals surface area contributed by atoms with E-state index in [0.717, 1.165) is 38.0 Å². The minimum atomic E-state index is 0.270. The lowest BCUT2D eigenvalue weighted by atomic mass is 10.1. The summed E-state index contributed by atoms with van der Waals surface area (Å²) < 4.78 is 2.08. The van der Waals surface area contributed by atoms with Crippen molar-refractivity contribution in [3.05, 3.63) is 18.0 Å². The molecule has 4 nitrogen and oxygen atoms in total. The largest absolute Gasteiger partial charge is 0.396 e. The smallest absolute Gasteiger partial charge is 0.0762 e. The summed E-state index contributed by atoms with van der Waals surface area (Å²) in [5.41, 5.74) is 1.10. The van der Waals surface area contributed by atoms with Crippen LogP contribution in [0, 0.1) is 5.92 Å². The lowest BCUT2D eigenvalue weighted by Crippen LogP contribution is -2.21. The van der Waals surface area contributed by atoms with E-state index in [2.05, 4.69) is 48.1 Å². The summed E-state index contributed by atoms with van der Waals surface area (Å²) in [5.74, 6) is 0.510. The summed E-state index contributed by atoms with van der Waals surface area (Å²) in [4.78, 5) is 0. The Kier molecular flexibility index (Phi) is 6.98. The summed E-state index contributed by atoms with van der Waals surface area (Å²) in [6, 6.07) is 2.61. The van der Waals surface area contributed by atoms with Gasteiger partial charge < -0.3 is 10.4 Å². The summed E-state index contributed by atoms with van der Waals surface area (Å²) >= 11 is 0. The molecule has 1 rings (SSSR count). The standard InChI is InChI=1S/C14H27N3O/c1-4-14(5-2)17-8-6-13(16-17)11-15-10-12(3)7-9-18/h6,8,12,14-15,18H,4-5,7,9-11H2,1-3H3. The highest BCUT2D eigenvalue weighted by molar-refractivity contribution is 4.99. The van der Waals surface area contributed by atoms with Gasteiger partial charge in [0.05, 0.1) is 11.7 Å². The van der Waals surface area contributed by atoms with E-state index < -0.39 is 0 Å². The zero-order chi connectivity index (χ0) is 13.4. The number of hydrogen-bond donors (Lipinski definition) is 2. The minimum Gasteiger partial charge on any atom is -0.396 e. The molecule has 1 heterocycles. The van der Waals surface area contributed by atoms with Crippen molar-refractivity contribution in [1.82, 2.24) is 15.1 Å². The third kappa shape index (κ3) is 4.78. The second-order valence-electron chi connectivity index (χ2n) is 5.01. The first-order valence-corrected chi connectivity index (χ1v) is 7.06. The molecule has 0 saturated heterocycles. The van der Waals surface area contributed by atoms with E-state index in [-0.39, 0.29) is 6.61 Å². The number of aromatic nitrogens is 2. The van der Waals surface area contributed by atoms with Crippen LogP contribution in [-0.4, -0.2) is 28.0 Å². The summed E-state index contributed by atoms with van der Waals surface area (Å²) in [6.45, 7) is 8.55. The Labute approximate surface area is 110 Å². The second-order valence-corrected chi connectivity index (χ2v) is 5.01. The van der Waals surface area contributed by atoms with E-state index >= 15 is 0 Å². The van der Waals surface area contributed by atoms with Gasteiger partial charge in [0.15, 0.2) is 0 Å². The molecule has 0 spiro atoms. The van der Waals surface area contributed by atoms with Crippen LogP contribution in [0.15, 0.2) is 12.3 Å². The summed E-state index contributed by atoms with van der Waals surface area (Å²) in [5, 5.41) is 16.8. The van der Waals surface area contributed by atoms with Gasteiger partial charge in [-0.25, -0.2) is 0 Å². The molecule has 0 radical (unpaired) electrons. The van der Waals surface area contributed by atoms with E-state index in [1.165, 1.54) is 0 Å². The monoisotopic (exact) mass is 253 g/mol. The first-order chi connectivity index (χ1) is 8.71. The molecule has 0 fully saturated rings. The van der Waals surface area contributed by atoms with Crippen LogP contribution in [0.25, 0.3) is 0 Å². The molecule has 1 atom stereocenters. The predicted molar refractivity (Wildman–Crippen MR) is 74.4 cm³/mol. The van der Waals surface area contributed by atoms with Gasteiger partial charge in [0.25, 0.3) is 0 Å². The van der Waals surface area contributed by atoms with Gasteiger partial charge in [-0.1, -0.05) is 20.8 Å². The van der Waals surface area contributed by atoms with Gasteiger partial charge in [0.1, 0.15) is 0 Å². The van der Waals surface area contributed by atoms with Crippen LogP contribution < -0.4 is 5.32 Å². The molecule has 0 aliphatic heterocycles. The fraction of sp³-hybridized carbons (Fsp3) is 0.786. The molecule has 0 saturated carbocycles. The molecular formula is C14H27N3O. The van der Waals surface area contributed by atoms with Gasteiger partial charge >= 0.3 is 0 Å². The van der Waals surface area contributed by atoms with Gasteiger partial charge in [0, 0.05) is 19.3 Å². The first-order valence-electron chi connectivity index (χ1n) is 7.06.